The molecule has 4 atom stereocenters. The number of nitrogens with one attached hydrogen (secondary N) is 2. The minimum absolute atomic E-state index is 0.215. The molecule has 1 aliphatic rings. The average molecular weight is 464 g/mol. The molecule has 0 amide bonds. The summed E-state index contributed by atoms with van der Waals surface area (Å²) in [4.78, 5) is 14.5. The molecule has 1 aliphatic carbocycles. The van der Waals surface area contributed by atoms with Crippen molar-refractivity contribution in [2.24, 2.45) is 17.8 Å². The summed E-state index contributed by atoms with van der Waals surface area (Å²) < 4.78 is 6.57. The van der Waals surface area contributed by atoms with Gasteiger partial charge in [-0.2, -0.15) is 4.98 Å². The van der Waals surface area contributed by atoms with Crippen LogP contribution in [0.4, 0.5) is 11.8 Å². The quantitative estimate of drug-likeness (QED) is 0.341. The van der Waals surface area contributed by atoms with Crippen LogP contribution in [-0.2, 0) is 6.54 Å². The van der Waals surface area contributed by atoms with E-state index in [-0.39, 0.29) is 12.6 Å². The minimum atomic E-state index is 0.215. The Hall–Kier alpha value is -2.97. The highest BCUT2D eigenvalue weighted by Gasteiger charge is 2.38. The van der Waals surface area contributed by atoms with Crippen molar-refractivity contribution in [3.63, 3.8) is 0 Å². The molecule has 7 nitrogen and oxygen atoms in total. The number of fused-ring (bicyclic) bond motifs is 1. The maximum absolute atomic E-state index is 9.82. The van der Waals surface area contributed by atoms with Gasteiger partial charge in [-0.05, 0) is 55.4 Å². The van der Waals surface area contributed by atoms with Crippen LogP contribution in [0.1, 0.15) is 31.7 Å². The monoisotopic (exact) mass is 463 g/mol. The van der Waals surface area contributed by atoms with E-state index in [1.165, 1.54) is 0 Å². The predicted molar refractivity (Wildman–Crippen MR) is 132 cm³/mol. The number of nitrogens with zero attached hydrogens (tertiary/aromatic N) is 3. The first-order valence-electron chi connectivity index (χ1n) is 11.4. The van der Waals surface area contributed by atoms with E-state index in [4.69, 9.17) is 19.4 Å². The Balaban J connectivity index is 1.52. The van der Waals surface area contributed by atoms with Gasteiger partial charge in [0.15, 0.2) is 0 Å². The number of anilines is 2. The molecule has 1 fully saturated rings. The highest BCUT2D eigenvalue weighted by Crippen LogP contribution is 2.41. The predicted octanol–water partition coefficient (Wildman–Crippen LogP) is 5.33. The smallest absolute Gasteiger partial charge is 0.225 e. The maximum Gasteiger partial charge on any atom is 0.225 e. The summed E-state index contributed by atoms with van der Waals surface area (Å²) in [6, 6.07) is 12.2. The molecule has 3 N–H and O–H groups in total. The Bertz CT molecular complexity index is 1210. The second kappa shape index (κ2) is 9.11. The number of furan rings is 1. The fourth-order valence-corrected chi connectivity index (χ4v) is 5.79. The molecule has 0 saturated heterocycles. The van der Waals surface area contributed by atoms with Crippen LogP contribution in [0.3, 0.4) is 0 Å². The number of aliphatic hydroxyl groups excluding tert-OH is 1. The fraction of sp³-hybridized carbons (Fsp3) is 0.400. The molecule has 0 unspecified atom stereocenters. The number of benzene rings is 1. The summed E-state index contributed by atoms with van der Waals surface area (Å²) >= 11 is 1.65. The van der Waals surface area contributed by atoms with Crippen LogP contribution < -0.4 is 10.6 Å². The zero-order valence-corrected chi connectivity index (χ0v) is 19.9. The van der Waals surface area contributed by atoms with Crippen LogP contribution >= 0.6 is 11.3 Å². The van der Waals surface area contributed by atoms with E-state index in [0.717, 1.165) is 44.5 Å². The summed E-state index contributed by atoms with van der Waals surface area (Å²) in [5.74, 6) is 3.31. The van der Waals surface area contributed by atoms with E-state index in [1.54, 1.807) is 17.6 Å². The Morgan fingerprint density at radius 1 is 1.09 bits per heavy atom. The van der Waals surface area contributed by atoms with Gasteiger partial charge in [-0.25, -0.2) is 9.97 Å². The molecule has 8 heteroatoms. The standard InChI is InChI=1S/C25H29N5O2S/c1-14-15(2)20(11-17(14)13-31)28-23-22(24-29-19-8-4-5-9-21(19)33-24)16(3)27-25(30-23)26-12-18-7-6-10-32-18/h4-10,14-15,17,20,31H,11-13H2,1-3H3,(H2,26,27,28,30)/t14-,15+,17+,20+/m0/s1. The molecule has 0 aliphatic heterocycles. The van der Waals surface area contributed by atoms with Gasteiger partial charge in [-0.15, -0.1) is 11.3 Å². The molecule has 33 heavy (non-hydrogen) atoms. The third kappa shape index (κ3) is 4.32. The molecule has 1 aromatic carbocycles. The van der Waals surface area contributed by atoms with E-state index in [9.17, 15) is 5.11 Å². The summed E-state index contributed by atoms with van der Waals surface area (Å²) in [5.41, 5.74) is 2.78. The van der Waals surface area contributed by atoms with Crippen molar-refractivity contribution < 1.29 is 9.52 Å². The van der Waals surface area contributed by atoms with Crippen molar-refractivity contribution in [1.29, 1.82) is 0 Å². The first kappa shape index (κ1) is 21.9. The number of para-hydroxylation sites is 1. The van der Waals surface area contributed by atoms with Gasteiger partial charge in [-0.3, -0.25) is 0 Å². The van der Waals surface area contributed by atoms with E-state index in [1.807, 2.05) is 37.3 Å². The van der Waals surface area contributed by atoms with Crippen molar-refractivity contribution in [3.05, 3.63) is 54.1 Å². The van der Waals surface area contributed by atoms with Gasteiger partial charge in [0.05, 0.1) is 34.3 Å². The topological polar surface area (TPSA) is 96.1 Å². The number of thiazole rings is 1. The highest BCUT2D eigenvalue weighted by molar-refractivity contribution is 7.21. The van der Waals surface area contributed by atoms with Crippen molar-refractivity contribution >= 4 is 33.3 Å². The molecule has 5 rings (SSSR count). The van der Waals surface area contributed by atoms with Crippen molar-refractivity contribution in [2.75, 3.05) is 17.2 Å². The number of rotatable bonds is 7. The molecule has 0 spiro atoms. The first-order chi connectivity index (χ1) is 16.0. The fourth-order valence-electron chi connectivity index (χ4n) is 4.73. The molecule has 172 valence electrons. The van der Waals surface area contributed by atoms with Gasteiger partial charge in [0.1, 0.15) is 16.6 Å². The maximum atomic E-state index is 9.82. The van der Waals surface area contributed by atoms with Crippen molar-refractivity contribution in [1.82, 2.24) is 15.0 Å². The van der Waals surface area contributed by atoms with Gasteiger partial charge in [0.25, 0.3) is 0 Å². The van der Waals surface area contributed by atoms with Crippen LogP contribution in [0.5, 0.6) is 0 Å². The molecular weight excluding hydrogens is 434 g/mol. The lowest BCUT2D eigenvalue weighted by atomic mass is 9.92. The SMILES string of the molecule is Cc1nc(NCc2ccco2)nc(N[C@@H]2C[C@H](CO)[C@@H](C)[C@H]2C)c1-c1nc2ccccc2s1. The van der Waals surface area contributed by atoms with E-state index in [0.29, 0.717) is 30.2 Å². The molecular formula is C25H29N5O2S. The molecule has 0 radical (unpaired) electrons. The van der Waals surface area contributed by atoms with Gasteiger partial charge in [0.2, 0.25) is 5.95 Å². The summed E-state index contributed by atoms with van der Waals surface area (Å²) in [7, 11) is 0. The van der Waals surface area contributed by atoms with Gasteiger partial charge < -0.3 is 20.2 Å². The lowest BCUT2D eigenvalue weighted by Gasteiger charge is -2.22. The molecule has 3 aromatic heterocycles. The van der Waals surface area contributed by atoms with Gasteiger partial charge in [0, 0.05) is 12.6 Å². The number of aromatic nitrogens is 3. The number of aryl methyl sites for hydroxylation is 1. The summed E-state index contributed by atoms with van der Waals surface area (Å²) in [6.45, 7) is 7.20. The zero-order chi connectivity index (χ0) is 22.9. The van der Waals surface area contributed by atoms with Crippen LogP contribution in [0.25, 0.3) is 20.8 Å². The van der Waals surface area contributed by atoms with Crippen molar-refractivity contribution in [3.8, 4) is 10.6 Å². The first-order valence-corrected chi connectivity index (χ1v) is 12.2. The second-order valence-corrected chi connectivity index (χ2v) is 9.95. The second-order valence-electron chi connectivity index (χ2n) is 8.92. The van der Waals surface area contributed by atoms with Gasteiger partial charge >= 0.3 is 0 Å². The van der Waals surface area contributed by atoms with Crippen LogP contribution in [0.15, 0.2) is 47.1 Å². The zero-order valence-electron chi connectivity index (χ0n) is 19.1. The Morgan fingerprint density at radius 2 is 1.94 bits per heavy atom. The minimum Gasteiger partial charge on any atom is -0.467 e. The lowest BCUT2D eigenvalue weighted by molar-refractivity contribution is 0.191. The average Bonchev–Trinajstić information content (AvgIpc) is 3.53. The Kier molecular flexibility index (Phi) is 6.03. The number of hydrogen-bond donors (Lipinski definition) is 3. The van der Waals surface area contributed by atoms with Crippen LogP contribution in [0.2, 0.25) is 0 Å². The van der Waals surface area contributed by atoms with Gasteiger partial charge in [-0.1, -0.05) is 26.0 Å². The normalized spacial score (nSPS) is 22.7. The molecule has 3 heterocycles. The Morgan fingerprint density at radius 3 is 2.67 bits per heavy atom. The molecule has 0 bridgehead atoms. The largest absolute Gasteiger partial charge is 0.467 e. The van der Waals surface area contributed by atoms with E-state index >= 15 is 0 Å². The highest BCUT2D eigenvalue weighted by atomic mass is 32.1. The van der Waals surface area contributed by atoms with Crippen molar-refractivity contribution in [2.45, 2.75) is 39.8 Å². The third-order valence-corrected chi connectivity index (χ3v) is 7.97. The van der Waals surface area contributed by atoms with E-state index in [2.05, 4.69) is 30.5 Å². The number of aliphatic hydroxyl groups is 1. The summed E-state index contributed by atoms with van der Waals surface area (Å²) in [5, 5.41) is 17.7. The van der Waals surface area contributed by atoms with Crippen LogP contribution in [-0.4, -0.2) is 32.7 Å². The molecule has 4 aromatic rings. The Labute approximate surface area is 197 Å². The van der Waals surface area contributed by atoms with E-state index < -0.39 is 0 Å². The molecule has 1 saturated carbocycles. The van der Waals surface area contributed by atoms with Crippen LogP contribution in [0, 0.1) is 24.7 Å². The lowest BCUT2D eigenvalue weighted by Crippen LogP contribution is -2.25. The number of hydrogen-bond acceptors (Lipinski definition) is 8. The third-order valence-electron chi connectivity index (χ3n) is 6.92. The summed E-state index contributed by atoms with van der Waals surface area (Å²) in [6.07, 6.45) is 2.57.